The summed E-state index contributed by atoms with van der Waals surface area (Å²) in [6.45, 7) is 0. The van der Waals surface area contributed by atoms with Gasteiger partial charge in [-0.05, 0) is 35.7 Å². The van der Waals surface area contributed by atoms with Crippen LogP contribution < -0.4 is 10.1 Å². The Morgan fingerprint density at radius 1 is 1.04 bits per heavy atom. The summed E-state index contributed by atoms with van der Waals surface area (Å²) >= 11 is 1.38. The number of hydrogen-bond donors (Lipinski definition) is 1. The van der Waals surface area contributed by atoms with Gasteiger partial charge in [0.15, 0.2) is 5.75 Å². The first-order valence-corrected chi connectivity index (χ1v) is 9.38. The van der Waals surface area contributed by atoms with Crippen molar-refractivity contribution in [1.82, 2.24) is 19.6 Å². The summed E-state index contributed by atoms with van der Waals surface area (Å²) in [4.78, 5) is 17.6. The van der Waals surface area contributed by atoms with E-state index in [1.807, 2.05) is 52.2 Å². The molecule has 0 saturated carbocycles. The molecule has 0 spiro atoms. The fourth-order valence-corrected chi connectivity index (χ4v) is 3.52. The number of carbonyl (C=O) groups excluding carboxylic acids is 1. The number of fused-ring (bicyclic) bond motifs is 3. The first-order chi connectivity index (χ1) is 13.8. The summed E-state index contributed by atoms with van der Waals surface area (Å²) < 4.78 is 7.89. The van der Waals surface area contributed by atoms with E-state index in [4.69, 9.17) is 4.74 Å². The lowest BCUT2D eigenvalue weighted by Crippen LogP contribution is -2.11. The summed E-state index contributed by atoms with van der Waals surface area (Å²) in [6.07, 6.45) is 1.62. The second-order valence-electron chi connectivity index (χ2n) is 5.96. The molecular formula is C20H13N5O2S. The van der Waals surface area contributed by atoms with Crippen molar-refractivity contribution in [3.05, 3.63) is 77.2 Å². The van der Waals surface area contributed by atoms with Gasteiger partial charge in [-0.1, -0.05) is 30.3 Å². The summed E-state index contributed by atoms with van der Waals surface area (Å²) in [6, 6.07) is 18.5. The Balaban J connectivity index is 1.55. The first-order valence-electron chi connectivity index (χ1n) is 8.50. The molecule has 136 valence electrons. The van der Waals surface area contributed by atoms with Crippen molar-refractivity contribution in [2.45, 2.75) is 0 Å². The topological polar surface area (TPSA) is 81.4 Å². The van der Waals surface area contributed by atoms with Gasteiger partial charge in [-0.15, -0.1) is 21.5 Å². The van der Waals surface area contributed by atoms with E-state index in [1.165, 1.54) is 11.3 Å². The van der Waals surface area contributed by atoms with Crippen molar-refractivity contribution < 1.29 is 9.53 Å². The van der Waals surface area contributed by atoms with Crippen LogP contribution in [0.1, 0.15) is 9.67 Å². The number of benzene rings is 2. The van der Waals surface area contributed by atoms with Gasteiger partial charge in [0.1, 0.15) is 6.33 Å². The van der Waals surface area contributed by atoms with Gasteiger partial charge >= 0.3 is 0 Å². The zero-order valence-corrected chi connectivity index (χ0v) is 15.3. The van der Waals surface area contributed by atoms with E-state index in [2.05, 4.69) is 20.5 Å². The number of carbonyl (C=O) groups is 1. The van der Waals surface area contributed by atoms with E-state index in [0.29, 0.717) is 27.8 Å². The molecule has 5 aromatic rings. The molecule has 0 atom stereocenters. The van der Waals surface area contributed by atoms with E-state index in [-0.39, 0.29) is 5.91 Å². The minimum Gasteiger partial charge on any atom is -0.434 e. The van der Waals surface area contributed by atoms with Crippen LogP contribution in [-0.2, 0) is 0 Å². The van der Waals surface area contributed by atoms with Crippen molar-refractivity contribution in [1.29, 1.82) is 0 Å². The highest BCUT2D eigenvalue weighted by Crippen LogP contribution is 2.32. The Hall–Kier alpha value is -3.78. The second kappa shape index (κ2) is 6.75. The monoisotopic (exact) mass is 387 g/mol. The molecule has 0 bridgehead atoms. The molecule has 0 saturated heterocycles. The number of aromatic nitrogens is 4. The Morgan fingerprint density at radius 2 is 1.89 bits per heavy atom. The lowest BCUT2D eigenvalue weighted by Gasteiger charge is -2.12. The molecule has 7 nitrogen and oxygen atoms in total. The van der Waals surface area contributed by atoms with E-state index < -0.39 is 0 Å². The average molecular weight is 387 g/mol. The van der Waals surface area contributed by atoms with E-state index in [1.54, 1.807) is 24.5 Å². The van der Waals surface area contributed by atoms with Gasteiger partial charge in [-0.25, -0.2) is 4.98 Å². The van der Waals surface area contributed by atoms with Crippen LogP contribution in [0.25, 0.3) is 16.7 Å². The number of anilines is 1. The molecule has 0 aliphatic heterocycles. The molecule has 0 fully saturated rings. The Labute approximate surface area is 163 Å². The molecule has 1 amide bonds. The predicted octanol–water partition coefficient (Wildman–Crippen LogP) is 4.38. The highest BCUT2D eigenvalue weighted by Gasteiger charge is 2.15. The highest BCUT2D eigenvalue weighted by molar-refractivity contribution is 7.12. The van der Waals surface area contributed by atoms with Crippen LogP contribution in [0.4, 0.5) is 5.69 Å². The smallest absolute Gasteiger partial charge is 0.266 e. The normalized spacial score (nSPS) is 11.0. The molecular weight excluding hydrogens is 374 g/mol. The van der Waals surface area contributed by atoms with Crippen LogP contribution in [0.15, 0.2) is 72.4 Å². The number of amides is 1. The van der Waals surface area contributed by atoms with Crippen molar-refractivity contribution in [3.63, 3.8) is 0 Å². The Bertz CT molecular complexity index is 1300. The number of ether oxygens (including phenoxy) is 1. The SMILES string of the molecule is O=C(Nc1ccccc1Oc1nc2ccccc2n2cnnc12)c1cccs1. The van der Waals surface area contributed by atoms with Crippen LogP contribution in [-0.4, -0.2) is 25.5 Å². The van der Waals surface area contributed by atoms with Gasteiger partial charge in [0.25, 0.3) is 11.8 Å². The zero-order chi connectivity index (χ0) is 18.9. The lowest BCUT2D eigenvalue weighted by atomic mass is 10.3. The molecule has 1 N–H and O–H groups in total. The maximum Gasteiger partial charge on any atom is 0.266 e. The molecule has 2 aromatic carbocycles. The molecule has 3 heterocycles. The van der Waals surface area contributed by atoms with Gasteiger partial charge in [0.2, 0.25) is 5.65 Å². The van der Waals surface area contributed by atoms with Gasteiger partial charge in [0.05, 0.1) is 21.6 Å². The molecule has 5 rings (SSSR count). The minimum absolute atomic E-state index is 0.190. The van der Waals surface area contributed by atoms with Crippen molar-refractivity contribution in [2.24, 2.45) is 0 Å². The molecule has 3 aromatic heterocycles. The van der Waals surface area contributed by atoms with E-state index >= 15 is 0 Å². The fourth-order valence-electron chi connectivity index (χ4n) is 2.90. The lowest BCUT2D eigenvalue weighted by molar-refractivity contribution is 0.103. The maximum absolute atomic E-state index is 12.4. The third kappa shape index (κ3) is 2.85. The summed E-state index contributed by atoms with van der Waals surface area (Å²) in [5, 5.41) is 12.9. The maximum atomic E-state index is 12.4. The molecule has 0 unspecified atom stereocenters. The summed E-state index contributed by atoms with van der Waals surface area (Å²) in [5.41, 5.74) is 2.69. The largest absolute Gasteiger partial charge is 0.434 e. The van der Waals surface area contributed by atoms with Crippen LogP contribution >= 0.6 is 11.3 Å². The number of hydrogen-bond acceptors (Lipinski definition) is 6. The molecule has 28 heavy (non-hydrogen) atoms. The molecule has 0 aliphatic carbocycles. The van der Waals surface area contributed by atoms with Crippen LogP contribution in [0, 0.1) is 0 Å². The number of nitrogens with one attached hydrogen (secondary N) is 1. The molecule has 0 radical (unpaired) electrons. The third-order valence-electron chi connectivity index (χ3n) is 4.19. The minimum atomic E-state index is -0.190. The number of rotatable bonds is 4. The average Bonchev–Trinajstić information content (AvgIpc) is 3.42. The Kier molecular flexibility index (Phi) is 3.95. The molecule has 0 aliphatic rings. The van der Waals surface area contributed by atoms with Crippen molar-refractivity contribution >= 4 is 39.6 Å². The first kappa shape index (κ1) is 16.4. The van der Waals surface area contributed by atoms with Crippen LogP contribution in [0.2, 0.25) is 0 Å². The Morgan fingerprint density at radius 3 is 2.79 bits per heavy atom. The van der Waals surface area contributed by atoms with E-state index in [9.17, 15) is 4.79 Å². The van der Waals surface area contributed by atoms with Crippen LogP contribution in [0.3, 0.4) is 0 Å². The fraction of sp³-hybridized carbons (Fsp3) is 0. The number of para-hydroxylation sites is 4. The molecule has 8 heteroatoms. The summed E-state index contributed by atoms with van der Waals surface area (Å²) in [7, 11) is 0. The van der Waals surface area contributed by atoms with Gasteiger partial charge in [0, 0.05) is 0 Å². The standard InChI is InChI=1S/C20H13N5O2S/c26-19(17-10-5-11-28-17)22-14-7-2-4-9-16(14)27-20-18-24-21-12-25(18)15-8-3-1-6-13(15)23-20/h1-12H,(H,22,26). The summed E-state index contributed by atoms with van der Waals surface area (Å²) in [5.74, 6) is 0.597. The van der Waals surface area contributed by atoms with Crippen molar-refractivity contribution in [3.8, 4) is 11.6 Å². The van der Waals surface area contributed by atoms with Gasteiger partial charge < -0.3 is 10.1 Å². The number of nitrogens with zero attached hydrogens (tertiary/aromatic N) is 4. The zero-order valence-electron chi connectivity index (χ0n) is 14.4. The van der Waals surface area contributed by atoms with Crippen LogP contribution in [0.5, 0.6) is 11.6 Å². The van der Waals surface area contributed by atoms with Gasteiger partial charge in [-0.2, -0.15) is 0 Å². The predicted molar refractivity (Wildman–Crippen MR) is 107 cm³/mol. The van der Waals surface area contributed by atoms with Crippen molar-refractivity contribution in [2.75, 3.05) is 5.32 Å². The highest BCUT2D eigenvalue weighted by atomic mass is 32.1. The van der Waals surface area contributed by atoms with Gasteiger partial charge in [-0.3, -0.25) is 9.20 Å². The van der Waals surface area contributed by atoms with E-state index in [0.717, 1.165) is 11.0 Å². The number of thiophene rings is 1. The quantitative estimate of drug-likeness (QED) is 0.495. The second-order valence-corrected chi connectivity index (χ2v) is 6.91. The third-order valence-corrected chi connectivity index (χ3v) is 5.06.